The second kappa shape index (κ2) is 9.94. The predicted molar refractivity (Wildman–Crippen MR) is 105 cm³/mol. The molecular formula is C20H24ClN3O3. The molecule has 0 heterocycles. The Hall–Kier alpha value is -2.57. The third kappa shape index (κ3) is 6.58. The molecule has 0 saturated heterocycles. The summed E-state index contributed by atoms with van der Waals surface area (Å²) < 4.78 is 0. The van der Waals surface area contributed by atoms with Crippen LogP contribution >= 0.6 is 11.6 Å². The summed E-state index contributed by atoms with van der Waals surface area (Å²) in [5.41, 5.74) is 7.52. The summed E-state index contributed by atoms with van der Waals surface area (Å²) in [6.45, 7) is 1.68. The van der Waals surface area contributed by atoms with Crippen molar-refractivity contribution in [2.45, 2.75) is 38.4 Å². The number of halogens is 1. The van der Waals surface area contributed by atoms with Crippen molar-refractivity contribution in [1.82, 2.24) is 10.6 Å². The standard InChI is InChI=1S/C20H24ClN3O3/c1-13(19(26)23-12-15-11-16(21)8-10-18(15)25)24-20(27)17(22)9-7-14-5-3-2-4-6-14/h2-6,8,10-11,13,17,25H,7,9,12,22H2,1H3,(H,23,26)(H,24,27)/t13-,17+/m0/s1. The molecule has 0 aliphatic rings. The van der Waals surface area contributed by atoms with Gasteiger partial charge in [0.2, 0.25) is 11.8 Å². The maximum atomic E-state index is 12.2. The van der Waals surface area contributed by atoms with Crippen LogP contribution in [0.25, 0.3) is 0 Å². The lowest BCUT2D eigenvalue weighted by Gasteiger charge is -2.17. The predicted octanol–water partition coefficient (Wildman–Crippen LogP) is 2.13. The Balaban J connectivity index is 1.78. The van der Waals surface area contributed by atoms with Gasteiger partial charge in [0.25, 0.3) is 0 Å². The van der Waals surface area contributed by atoms with Crippen LogP contribution in [0.2, 0.25) is 5.02 Å². The van der Waals surface area contributed by atoms with Crippen molar-refractivity contribution in [3.8, 4) is 5.75 Å². The normalized spacial score (nSPS) is 12.9. The fourth-order valence-corrected chi connectivity index (χ4v) is 2.71. The summed E-state index contributed by atoms with van der Waals surface area (Å²) in [6, 6.07) is 12.9. The van der Waals surface area contributed by atoms with Crippen LogP contribution in [-0.4, -0.2) is 29.0 Å². The van der Waals surface area contributed by atoms with Gasteiger partial charge in [-0.2, -0.15) is 0 Å². The SMILES string of the molecule is C[C@H](NC(=O)[C@H](N)CCc1ccccc1)C(=O)NCc1cc(Cl)ccc1O. The number of aryl methyl sites for hydroxylation is 1. The second-order valence-electron chi connectivity index (χ2n) is 6.35. The van der Waals surface area contributed by atoms with Crippen LogP contribution in [0.15, 0.2) is 48.5 Å². The molecule has 2 aromatic rings. The van der Waals surface area contributed by atoms with E-state index < -0.39 is 12.1 Å². The number of nitrogens with one attached hydrogen (secondary N) is 2. The van der Waals surface area contributed by atoms with Crippen molar-refractivity contribution in [2.24, 2.45) is 5.73 Å². The van der Waals surface area contributed by atoms with E-state index in [9.17, 15) is 14.7 Å². The number of hydrogen-bond acceptors (Lipinski definition) is 4. The van der Waals surface area contributed by atoms with E-state index in [-0.39, 0.29) is 24.1 Å². The summed E-state index contributed by atoms with van der Waals surface area (Å²) in [7, 11) is 0. The number of rotatable bonds is 8. The fraction of sp³-hybridized carbons (Fsp3) is 0.300. The van der Waals surface area contributed by atoms with Gasteiger partial charge in [0, 0.05) is 17.1 Å². The first-order valence-corrected chi connectivity index (χ1v) is 9.09. The molecule has 0 saturated carbocycles. The Labute approximate surface area is 163 Å². The van der Waals surface area contributed by atoms with Crippen LogP contribution in [0.3, 0.4) is 0 Å². The largest absolute Gasteiger partial charge is 0.508 e. The average molecular weight is 390 g/mol. The van der Waals surface area contributed by atoms with E-state index in [1.807, 2.05) is 30.3 Å². The van der Waals surface area contributed by atoms with Gasteiger partial charge < -0.3 is 21.5 Å². The first-order valence-electron chi connectivity index (χ1n) is 8.72. The summed E-state index contributed by atoms with van der Waals surface area (Å²) in [5, 5.41) is 15.5. The Bertz CT molecular complexity index is 783. The van der Waals surface area contributed by atoms with Gasteiger partial charge in [0.05, 0.1) is 6.04 Å². The third-order valence-corrected chi connectivity index (χ3v) is 4.41. The van der Waals surface area contributed by atoms with Crippen molar-refractivity contribution < 1.29 is 14.7 Å². The average Bonchev–Trinajstić information content (AvgIpc) is 2.67. The van der Waals surface area contributed by atoms with Gasteiger partial charge in [0.1, 0.15) is 11.8 Å². The summed E-state index contributed by atoms with van der Waals surface area (Å²) in [5.74, 6) is -0.712. The van der Waals surface area contributed by atoms with Crippen LogP contribution in [0.5, 0.6) is 5.75 Å². The highest BCUT2D eigenvalue weighted by Gasteiger charge is 2.20. The quantitative estimate of drug-likeness (QED) is 0.555. The lowest BCUT2D eigenvalue weighted by atomic mass is 10.1. The van der Waals surface area contributed by atoms with Crippen LogP contribution in [0.1, 0.15) is 24.5 Å². The molecule has 0 unspecified atom stereocenters. The highest BCUT2D eigenvalue weighted by Crippen LogP contribution is 2.21. The summed E-state index contributed by atoms with van der Waals surface area (Å²) in [4.78, 5) is 24.3. The highest BCUT2D eigenvalue weighted by atomic mass is 35.5. The van der Waals surface area contributed by atoms with Crippen molar-refractivity contribution in [3.63, 3.8) is 0 Å². The van der Waals surface area contributed by atoms with E-state index in [0.29, 0.717) is 23.4 Å². The third-order valence-electron chi connectivity index (χ3n) is 4.17. The maximum absolute atomic E-state index is 12.2. The Morgan fingerprint density at radius 2 is 1.85 bits per heavy atom. The number of carbonyl (C=O) groups is 2. The van der Waals surface area contributed by atoms with Crippen molar-refractivity contribution in [1.29, 1.82) is 0 Å². The van der Waals surface area contributed by atoms with Crippen molar-refractivity contribution in [2.75, 3.05) is 0 Å². The van der Waals surface area contributed by atoms with Gasteiger partial charge in [-0.25, -0.2) is 0 Å². The van der Waals surface area contributed by atoms with Gasteiger partial charge in [-0.15, -0.1) is 0 Å². The minimum Gasteiger partial charge on any atom is -0.508 e. The first kappa shape index (κ1) is 20.7. The molecule has 0 aromatic heterocycles. The lowest BCUT2D eigenvalue weighted by Crippen LogP contribution is -2.50. The van der Waals surface area contributed by atoms with Crippen LogP contribution in [0, 0.1) is 0 Å². The Morgan fingerprint density at radius 3 is 2.56 bits per heavy atom. The molecule has 144 valence electrons. The number of nitrogens with two attached hydrogens (primary N) is 1. The van der Waals surface area contributed by atoms with Crippen LogP contribution in [-0.2, 0) is 22.6 Å². The molecule has 0 spiro atoms. The molecule has 6 nitrogen and oxygen atoms in total. The van der Waals surface area contributed by atoms with E-state index in [0.717, 1.165) is 5.56 Å². The number of phenols is 1. The zero-order valence-electron chi connectivity index (χ0n) is 15.1. The van der Waals surface area contributed by atoms with E-state index in [2.05, 4.69) is 10.6 Å². The molecular weight excluding hydrogens is 366 g/mol. The van der Waals surface area contributed by atoms with Gasteiger partial charge in [-0.1, -0.05) is 41.9 Å². The second-order valence-corrected chi connectivity index (χ2v) is 6.79. The molecule has 2 rings (SSSR count). The molecule has 0 aliphatic heterocycles. The first-order chi connectivity index (χ1) is 12.9. The monoisotopic (exact) mass is 389 g/mol. The zero-order chi connectivity index (χ0) is 19.8. The van der Waals surface area contributed by atoms with E-state index in [1.165, 1.54) is 6.07 Å². The van der Waals surface area contributed by atoms with Gasteiger partial charge in [-0.05, 0) is 43.5 Å². The molecule has 0 bridgehead atoms. The number of hydrogen-bond donors (Lipinski definition) is 4. The summed E-state index contributed by atoms with van der Waals surface area (Å²) in [6.07, 6.45) is 1.17. The molecule has 5 N–H and O–H groups in total. The van der Waals surface area contributed by atoms with Crippen molar-refractivity contribution in [3.05, 3.63) is 64.7 Å². The Morgan fingerprint density at radius 1 is 1.15 bits per heavy atom. The number of amides is 2. The molecule has 2 amide bonds. The van der Waals surface area contributed by atoms with Gasteiger partial charge >= 0.3 is 0 Å². The highest BCUT2D eigenvalue weighted by molar-refractivity contribution is 6.30. The topological polar surface area (TPSA) is 104 Å². The molecule has 0 aliphatic carbocycles. The molecule has 27 heavy (non-hydrogen) atoms. The fourth-order valence-electron chi connectivity index (χ4n) is 2.52. The van der Waals surface area contributed by atoms with Gasteiger partial charge in [0.15, 0.2) is 0 Å². The molecule has 7 heteroatoms. The zero-order valence-corrected chi connectivity index (χ0v) is 15.9. The minimum absolute atomic E-state index is 0.0410. The van der Waals surface area contributed by atoms with E-state index in [1.54, 1.807) is 19.1 Å². The molecule has 2 aromatic carbocycles. The van der Waals surface area contributed by atoms with Crippen molar-refractivity contribution >= 4 is 23.4 Å². The van der Waals surface area contributed by atoms with Gasteiger partial charge in [-0.3, -0.25) is 9.59 Å². The summed E-state index contributed by atoms with van der Waals surface area (Å²) >= 11 is 5.88. The number of aromatic hydroxyl groups is 1. The Kier molecular flexibility index (Phi) is 7.64. The maximum Gasteiger partial charge on any atom is 0.242 e. The molecule has 0 radical (unpaired) electrons. The molecule has 2 atom stereocenters. The number of carbonyl (C=O) groups excluding carboxylic acids is 2. The smallest absolute Gasteiger partial charge is 0.242 e. The number of phenolic OH excluding ortho intramolecular Hbond substituents is 1. The van der Waals surface area contributed by atoms with Crippen LogP contribution < -0.4 is 16.4 Å². The van der Waals surface area contributed by atoms with Crippen LogP contribution in [0.4, 0.5) is 0 Å². The minimum atomic E-state index is -0.749. The number of benzene rings is 2. The molecule has 0 fully saturated rings. The van der Waals surface area contributed by atoms with E-state index >= 15 is 0 Å². The lowest BCUT2D eigenvalue weighted by molar-refractivity contribution is -0.129. The van der Waals surface area contributed by atoms with E-state index in [4.69, 9.17) is 17.3 Å².